The van der Waals surface area contributed by atoms with Gasteiger partial charge in [0.15, 0.2) is 0 Å². The molecule has 1 N–H and O–H groups in total. The number of unbranched alkanes of at least 4 members (excludes halogenated alkanes) is 1. The van der Waals surface area contributed by atoms with Crippen molar-refractivity contribution in [1.29, 1.82) is 0 Å². The molecule has 1 aliphatic rings. The molecule has 1 aliphatic heterocycles. The van der Waals surface area contributed by atoms with Crippen LogP contribution in [0.5, 0.6) is 0 Å². The Morgan fingerprint density at radius 3 is 2.72 bits per heavy atom. The predicted octanol–water partition coefficient (Wildman–Crippen LogP) is 3.50. The number of nitrogens with one attached hydrogen (secondary N) is 1. The summed E-state index contributed by atoms with van der Waals surface area (Å²) < 4.78 is 64.7. The van der Waals surface area contributed by atoms with Crippen molar-refractivity contribution < 1.29 is 21.6 Å². The van der Waals surface area contributed by atoms with E-state index in [1.54, 1.807) is 0 Å². The molecule has 1 heterocycles. The fourth-order valence-electron chi connectivity index (χ4n) is 3.08. The fourth-order valence-corrected chi connectivity index (χ4v) is 4.20. The van der Waals surface area contributed by atoms with E-state index in [4.69, 9.17) is 0 Å². The largest absolute Gasteiger partial charge is 0.416 e. The van der Waals surface area contributed by atoms with Crippen LogP contribution < -0.4 is 4.72 Å². The SMILES string of the molecule is CC1CCCN(CCCCNS(=O)(=O)c2cccc(C(F)(F)F)c2)C1. The molecule has 1 aromatic carbocycles. The molecule has 1 atom stereocenters. The van der Waals surface area contributed by atoms with Crippen molar-refractivity contribution in [1.82, 2.24) is 9.62 Å². The first kappa shape index (κ1) is 20.2. The van der Waals surface area contributed by atoms with Crippen LogP contribution in [0.25, 0.3) is 0 Å². The molecule has 25 heavy (non-hydrogen) atoms. The lowest BCUT2D eigenvalue weighted by Crippen LogP contribution is -2.35. The zero-order valence-electron chi connectivity index (χ0n) is 14.3. The van der Waals surface area contributed by atoms with Crippen LogP contribution in [0, 0.1) is 5.92 Å². The molecule has 0 radical (unpaired) electrons. The summed E-state index contributed by atoms with van der Waals surface area (Å²) in [5.74, 6) is 0.702. The molecule has 0 aromatic heterocycles. The number of benzene rings is 1. The van der Waals surface area contributed by atoms with Gasteiger partial charge in [-0.2, -0.15) is 13.2 Å². The molecule has 8 heteroatoms. The van der Waals surface area contributed by atoms with Gasteiger partial charge < -0.3 is 4.90 Å². The van der Waals surface area contributed by atoms with Crippen LogP contribution >= 0.6 is 0 Å². The Kier molecular flexibility index (Phi) is 6.87. The molecule has 1 unspecified atom stereocenters. The number of hydrogen-bond acceptors (Lipinski definition) is 3. The van der Waals surface area contributed by atoms with Crippen LogP contribution in [0.1, 0.15) is 38.2 Å². The molecular weight excluding hydrogens is 353 g/mol. The summed E-state index contributed by atoms with van der Waals surface area (Å²) in [5.41, 5.74) is -0.963. The zero-order chi connectivity index (χ0) is 18.5. The molecule has 1 saturated heterocycles. The van der Waals surface area contributed by atoms with E-state index in [1.807, 2.05) is 0 Å². The van der Waals surface area contributed by atoms with Gasteiger partial charge in [-0.15, -0.1) is 0 Å². The molecule has 0 spiro atoms. The van der Waals surface area contributed by atoms with Gasteiger partial charge in [-0.25, -0.2) is 13.1 Å². The third-order valence-corrected chi connectivity index (χ3v) is 5.86. The van der Waals surface area contributed by atoms with Crippen LogP contribution in [0.2, 0.25) is 0 Å². The van der Waals surface area contributed by atoms with E-state index >= 15 is 0 Å². The van der Waals surface area contributed by atoms with Gasteiger partial charge in [0.05, 0.1) is 10.5 Å². The molecule has 0 saturated carbocycles. The molecule has 142 valence electrons. The normalized spacial score (nSPS) is 19.9. The van der Waals surface area contributed by atoms with Crippen LogP contribution in [-0.2, 0) is 16.2 Å². The molecule has 1 aromatic rings. The fraction of sp³-hybridized carbons (Fsp3) is 0.647. The van der Waals surface area contributed by atoms with Crippen molar-refractivity contribution in [2.24, 2.45) is 5.92 Å². The lowest BCUT2D eigenvalue weighted by Gasteiger charge is -2.30. The average molecular weight is 378 g/mol. The number of hydrogen-bond donors (Lipinski definition) is 1. The summed E-state index contributed by atoms with van der Waals surface area (Å²) in [5, 5.41) is 0. The van der Waals surface area contributed by atoms with Crippen molar-refractivity contribution in [2.75, 3.05) is 26.2 Å². The Hall–Kier alpha value is -1.12. The summed E-state index contributed by atoms with van der Waals surface area (Å²) in [4.78, 5) is 2.03. The Balaban J connectivity index is 1.80. The lowest BCUT2D eigenvalue weighted by molar-refractivity contribution is -0.137. The molecule has 0 aliphatic carbocycles. The highest BCUT2D eigenvalue weighted by atomic mass is 32.2. The summed E-state index contributed by atoms with van der Waals surface area (Å²) >= 11 is 0. The predicted molar refractivity (Wildman–Crippen MR) is 90.7 cm³/mol. The number of likely N-dealkylation sites (tertiary alicyclic amines) is 1. The van der Waals surface area contributed by atoms with Gasteiger partial charge in [0.25, 0.3) is 0 Å². The van der Waals surface area contributed by atoms with Crippen molar-refractivity contribution in [3.05, 3.63) is 29.8 Å². The minimum Gasteiger partial charge on any atom is -0.303 e. The molecule has 0 amide bonds. The maximum absolute atomic E-state index is 12.7. The van der Waals surface area contributed by atoms with Crippen molar-refractivity contribution in [3.8, 4) is 0 Å². The topological polar surface area (TPSA) is 49.4 Å². The highest BCUT2D eigenvalue weighted by Gasteiger charge is 2.31. The first-order chi connectivity index (χ1) is 11.7. The van der Waals surface area contributed by atoms with Gasteiger partial charge in [0.1, 0.15) is 0 Å². The van der Waals surface area contributed by atoms with E-state index in [2.05, 4.69) is 16.5 Å². The summed E-state index contributed by atoms with van der Waals surface area (Å²) in [6.45, 7) is 5.54. The molecule has 2 rings (SSSR count). The molecule has 1 fully saturated rings. The number of halogens is 3. The van der Waals surface area contributed by atoms with E-state index in [9.17, 15) is 21.6 Å². The third kappa shape index (κ3) is 6.27. The Bertz CT molecular complexity index is 662. The minimum atomic E-state index is -4.56. The standard InChI is InChI=1S/C17H25F3N2O2S/c1-14-6-5-11-22(13-14)10-3-2-9-21-25(23,24)16-8-4-7-15(12-16)17(18,19)20/h4,7-8,12,14,21H,2-3,5-6,9-11,13H2,1H3. The second kappa shape index (κ2) is 8.51. The Morgan fingerprint density at radius 2 is 2.04 bits per heavy atom. The first-order valence-electron chi connectivity index (χ1n) is 8.58. The van der Waals surface area contributed by atoms with Gasteiger partial charge in [0, 0.05) is 13.1 Å². The van der Waals surface area contributed by atoms with Gasteiger partial charge in [0.2, 0.25) is 10.0 Å². The monoisotopic (exact) mass is 378 g/mol. The van der Waals surface area contributed by atoms with Gasteiger partial charge in [-0.05, 0) is 62.9 Å². The maximum atomic E-state index is 12.7. The van der Waals surface area contributed by atoms with Crippen LogP contribution in [0.3, 0.4) is 0 Å². The lowest BCUT2D eigenvalue weighted by atomic mass is 10.0. The van der Waals surface area contributed by atoms with Crippen LogP contribution in [-0.4, -0.2) is 39.5 Å². The van der Waals surface area contributed by atoms with Gasteiger partial charge >= 0.3 is 6.18 Å². The summed E-state index contributed by atoms with van der Waals surface area (Å²) in [6, 6.07) is 3.80. The molecular formula is C17H25F3N2O2S. The maximum Gasteiger partial charge on any atom is 0.416 e. The van der Waals surface area contributed by atoms with Crippen molar-refractivity contribution >= 4 is 10.0 Å². The van der Waals surface area contributed by atoms with E-state index in [-0.39, 0.29) is 11.4 Å². The number of sulfonamides is 1. The Morgan fingerprint density at radius 1 is 1.28 bits per heavy atom. The van der Waals surface area contributed by atoms with Crippen LogP contribution in [0.4, 0.5) is 13.2 Å². The highest BCUT2D eigenvalue weighted by Crippen LogP contribution is 2.30. The van der Waals surface area contributed by atoms with Crippen molar-refractivity contribution in [2.45, 2.75) is 43.7 Å². The van der Waals surface area contributed by atoms with Crippen molar-refractivity contribution in [3.63, 3.8) is 0 Å². The Labute approximate surface area is 147 Å². The zero-order valence-corrected chi connectivity index (χ0v) is 15.2. The van der Waals surface area contributed by atoms with Gasteiger partial charge in [-0.3, -0.25) is 0 Å². The number of nitrogens with zero attached hydrogens (tertiary/aromatic N) is 1. The minimum absolute atomic E-state index is 0.224. The molecule has 4 nitrogen and oxygen atoms in total. The summed E-state index contributed by atoms with van der Waals surface area (Å²) in [6.07, 6.45) is -0.589. The van der Waals surface area contributed by atoms with Gasteiger partial charge in [-0.1, -0.05) is 13.0 Å². The van der Waals surface area contributed by atoms with E-state index < -0.39 is 21.8 Å². The second-order valence-corrected chi connectivity index (χ2v) is 8.45. The second-order valence-electron chi connectivity index (χ2n) is 6.68. The smallest absolute Gasteiger partial charge is 0.303 e. The first-order valence-corrected chi connectivity index (χ1v) is 10.1. The number of rotatable bonds is 7. The van der Waals surface area contributed by atoms with E-state index in [0.717, 1.165) is 38.2 Å². The third-order valence-electron chi connectivity index (χ3n) is 4.41. The highest BCUT2D eigenvalue weighted by molar-refractivity contribution is 7.89. The quantitative estimate of drug-likeness (QED) is 0.739. The molecule has 0 bridgehead atoms. The number of piperidine rings is 1. The van der Waals surface area contributed by atoms with E-state index in [1.165, 1.54) is 18.9 Å². The number of alkyl halides is 3. The average Bonchev–Trinajstić information content (AvgIpc) is 2.54. The summed E-state index contributed by atoms with van der Waals surface area (Å²) in [7, 11) is -3.92. The van der Waals surface area contributed by atoms with E-state index in [0.29, 0.717) is 18.4 Å². The van der Waals surface area contributed by atoms with Crippen LogP contribution in [0.15, 0.2) is 29.2 Å².